The molecule has 0 N–H and O–H groups in total. The summed E-state index contributed by atoms with van der Waals surface area (Å²) in [6.45, 7) is 1.07. The van der Waals surface area contributed by atoms with Crippen LogP contribution < -0.4 is 4.90 Å². The summed E-state index contributed by atoms with van der Waals surface area (Å²) in [6.07, 6.45) is -2.99. The van der Waals surface area contributed by atoms with Crippen LogP contribution in [0.4, 0.5) is 24.5 Å². The van der Waals surface area contributed by atoms with E-state index in [1.54, 1.807) is 4.90 Å². The Labute approximate surface area is 115 Å². The minimum absolute atomic E-state index is 0.00229. The predicted octanol–water partition coefficient (Wildman–Crippen LogP) is 3.98. The van der Waals surface area contributed by atoms with Crippen molar-refractivity contribution in [2.45, 2.75) is 19.0 Å². The van der Waals surface area contributed by atoms with E-state index in [2.05, 4.69) is 15.9 Å². The third-order valence-corrected chi connectivity index (χ3v) is 3.83. The average molecular weight is 339 g/mol. The van der Waals surface area contributed by atoms with Crippen molar-refractivity contribution in [2.24, 2.45) is 0 Å². The van der Waals surface area contributed by atoms with Crippen LogP contribution in [0.1, 0.15) is 18.4 Å². The molecule has 8 heteroatoms. The zero-order valence-electron chi connectivity index (χ0n) is 9.71. The maximum atomic E-state index is 13.1. The van der Waals surface area contributed by atoms with E-state index < -0.39 is 26.8 Å². The first-order valence-corrected chi connectivity index (χ1v) is 6.40. The van der Waals surface area contributed by atoms with Gasteiger partial charge in [-0.05, 0) is 34.8 Å². The third kappa shape index (κ3) is 2.68. The summed E-state index contributed by atoms with van der Waals surface area (Å²) >= 11 is 2.73. The van der Waals surface area contributed by atoms with Crippen LogP contribution >= 0.6 is 15.9 Å². The highest BCUT2D eigenvalue weighted by molar-refractivity contribution is 9.10. The molecule has 0 aromatic heterocycles. The maximum absolute atomic E-state index is 13.1. The van der Waals surface area contributed by atoms with Crippen molar-refractivity contribution in [1.29, 1.82) is 0 Å². The van der Waals surface area contributed by atoms with Crippen molar-refractivity contribution < 1.29 is 18.1 Å². The largest absolute Gasteiger partial charge is 0.419 e. The molecule has 0 aliphatic carbocycles. The minimum atomic E-state index is -4.64. The Morgan fingerprint density at radius 2 is 1.84 bits per heavy atom. The standard InChI is InChI=1S/C11H10BrF3N2O2/c12-10-8(17(18)19)4-3-7(9(10)11(13,14)15)16-5-1-2-6-16/h3-4H,1-2,5-6H2. The van der Waals surface area contributed by atoms with E-state index in [4.69, 9.17) is 0 Å². The number of hydrogen-bond donors (Lipinski definition) is 0. The molecule has 0 bridgehead atoms. The highest BCUT2D eigenvalue weighted by Gasteiger charge is 2.40. The third-order valence-electron chi connectivity index (χ3n) is 3.03. The minimum Gasteiger partial charge on any atom is -0.371 e. The van der Waals surface area contributed by atoms with Crippen molar-refractivity contribution in [3.63, 3.8) is 0 Å². The fraction of sp³-hybridized carbons (Fsp3) is 0.455. The molecule has 0 atom stereocenters. The second-order valence-electron chi connectivity index (χ2n) is 4.24. The van der Waals surface area contributed by atoms with E-state index >= 15 is 0 Å². The number of benzene rings is 1. The van der Waals surface area contributed by atoms with Crippen LogP contribution in [0.2, 0.25) is 0 Å². The molecule has 1 fully saturated rings. The molecule has 1 heterocycles. The molecule has 0 radical (unpaired) electrons. The number of hydrogen-bond acceptors (Lipinski definition) is 3. The molecule has 1 saturated heterocycles. The van der Waals surface area contributed by atoms with Crippen molar-refractivity contribution in [3.05, 3.63) is 32.3 Å². The van der Waals surface area contributed by atoms with E-state index in [0.29, 0.717) is 13.1 Å². The van der Waals surface area contributed by atoms with Crippen molar-refractivity contribution in [3.8, 4) is 0 Å². The molecule has 1 aromatic rings. The normalized spacial score (nSPS) is 15.9. The van der Waals surface area contributed by atoms with Crippen LogP contribution in [0.15, 0.2) is 16.6 Å². The molecule has 0 amide bonds. The number of nitro benzene ring substituents is 1. The van der Waals surface area contributed by atoms with Gasteiger partial charge in [-0.25, -0.2) is 0 Å². The number of nitrogens with zero attached hydrogens (tertiary/aromatic N) is 2. The second-order valence-corrected chi connectivity index (χ2v) is 5.03. The second kappa shape index (κ2) is 4.99. The molecule has 1 aliphatic rings. The average Bonchev–Trinajstić information content (AvgIpc) is 2.79. The number of rotatable bonds is 2. The van der Waals surface area contributed by atoms with E-state index in [1.807, 2.05) is 0 Å². The highest BCUT2D eigenvalue weighted by atomic mass is 79.9. The van der Waals surface area contributed by atoms with E-state index in [1.165, 1.54) is 6.07 Å². The Hall–Kier alpha value is -1.31. The van der Waals surface area contributed by atoms with Gasteiger partial charge in [-0.3, -0.25) is 10.1 Å². The van der Waals surface area contributed by atoms with Crippen LogP contribution in [0.25, 0.3) is 0 Å². The Bertz CT molecular complexity index is 513. The zero-order chi connectivity index (χ0) is 14.2. The van der Waals surface area contributed by atoms with Gasteiger partial charge < -0.3 is 4.90 Å². The van der Waals surface area contributed by atoms with Gasteiger partial charge in [0.25, 0.3) is 5.69 Å². The lowest BCUT2D eigenvalue weighted by Gasteiger charge is -2.23. The summed E-state index contributed by atoms with van der Waals surface area (Å²) in [5.74, 6) is 0. The maximum Gasteiger partial charge on any atom is 0.419 e. The van der Waals surface area contributed by atoms with Gasteiger partial charge in [0, 0.05) is 19.2 Å². The molecular formula is C11H10BrF3N2O2. The van der Waals surface area contributed by atoms with Crippen LogP contribution in [-0.2, 0) is 6.18 Å². The predicted molar refractivity (Wildman–Crippen MR) is 67.2 cm³/mol. The smallest absolute Gasteiger partial charge is 0.371 e. The molecule has 0 saturated carbocycles. The Kier molecular flexibility index (Phi) is 3.71. The quantitative estimate of drug-likeness (QED) is 0.605. The van der Waals surface area contributed by atoms with Gasteiger partial charge >= 0.3 is 6.18 Å². The Balaban J connectivity index is 2.61. The van der Waals surface area contributed by atoms with E-state index in [9.17, 15) is 23.3 Å². The SMILES string of the molecule is O=[N+]([O-])c1ccc(N2CCCC2)c(C(F)(F)F)c1Br. The molecule has 19 heavy (non-hydrogen) atoms. The van der Waals surface area contributed by atoms with Gasteiger partial charge in [-0.1, -0.05) is 0 Å². The molecule has 0 unspecified atom stereocenters. The monoisotopic (exact) mass is 338 g/mol. The summed E-state index contributed by atoms with van der Waals surface area (Å²) in [5.41, 5.74) is -1.54. The lowest BCUT2D eigenvalue weighted by atomic mass is 10.1. The molecule has 104 valence electrons. The lowest BCUT2D eigenvalue weighted by Crippen LogP contribution is -2.22. The molecule has 1 aromatic carbocycles. The van der Waals surface area contributed by atoms with Crippen LogP contribution in [0.3, 0.4) is 0 Å². The molecule has 0 spiro atoms. The van der Waals surface area contributed by atoms with Gasteiger partial charge in [0.05, 0.1) is 16.2 Å². The first-order valence-electron chi connectivity index (χ1n) is 5.61. The van der Waals surface area contributed by atoms with Gasteiger partial charge in [0.15, 0.2) is 0 Å². The topological polar surface area (TPSA) is 46.4 Å². The van der Waals surface area contributed by atoms with Crippen LogP contribution in [0, 0.1) is 10.1 Å². The summed E-state index contributed by atoms with van der Waals surface area (Å²) in [7, 11) is 0. The lowest BCUT2D eigenvalue weighted by molar-refractivity contribution is -0.385. The summed E-state index contributed by atoms with van der Waals surface area (Å²) in [6, 6.07) is 2.28. The van der Waals surface area contributed by atoms with Gasteiger partial charge in [0.1, 0.15) is 4.47 Å². The number of anilines is 1. The van der Waals surface area contributed by atoms with Gasteiger partial charge in [-0.2, -0.15) is 13.2 Å². The Morgan fingerprint density at radius 3 is 2.32 bits per heavy atom. The number of alkyl halides is 3. The number of halogens is 4. The Morgan fingerprint density at radius 1 is 1.26 bits per heavy atom. The van der Waals surface area contributed by atoms with Gasteiger partial charge in [0.2, 0.25) is 0 Å². The van der Waals surface area contributed by atoms with Gasteiger partial charge in [-0.15, -0.1) is 0 Å². The van der Waals surface area contributed by atoms with Crippen LogP contribution in [0.5, 0.6) is 0 Å². The van der Waals surface area contributed by atoms with E-state index in [-0.39, 0.29) is 5.69 Å². The summed E-state index contributed by atoms with van der Waals surface area (Å²) < 4.78 is 38.9. The highest BCUT2D eigenvalue weighted by Crippen LogP contribution is 2.45. The van der Waals surface area contributed by atoms with Crippen molar-refractivity contribution in [2.75, 3.05) is 18.0 Å². The molecule has 1 aliphatic heterocycles. The fourth-order valence-corrected chi connectivity index (χ4v) is 2.89. The van der Waals surface area contributed by atoms with Crippen molar-refractivity contribution in [1.82, 2.24) is 0 Å². The zero-order valence-corrected chi connectivity index (χ0v) is 11.3. The summed E-state index contributed by atoms with van der Waals surface area (Å²) in [4.78, 5) is 11.5. The fourth-order valence-electron chi connectivity index (χ4n) is 2.19. The van der Waals surface area contributed by atoms with Crippen LogP contribution in [-0.4, -0.2) is 18.0 Å². The molecular weight excluding hydrogens is 329 g/mol. The number of nitro groups is 1. The van der Waals surface area contributed by atoms with Crippen molar-refractivity contribution >= 4 is 27.3 Å². The van der Waals surface area contributed by atoms with E-state index in [0.717, 1.165) is 18.9 Å². The molecule has 4 nitrogen and oxygen atoms in total. The first-order chi connectivity index (χ1) is 8.82. The summed E-state index contributed by atoms with van der Waals surface area (Å²) in [5, 5.41) is 10.7. The molecule has 2 rings (SSSR count). The first kappa shape index (κ1) is 14.1.